The zero-order valence-corrected chi connectivity index (χ0v) is 21.5. The van der Waals surface area contributed by atoms with Crippen LogP contribution in [0.4, 0.5) is 0 Å². The molecule has 0 fully saturated rings. The van der Waals surface area contributed by atoms with Gasteiger partial charge in [-0.25, -0.2) is 0 Å². The van der Waals surface area contributed by atoms with E-state index in [2.05, 4.69) is 0 Å². The molecule has 0 atom stereocenters. The van der Waals surface area contributed by atoms with Crippen molar-refractivity contribution in [1.82, 2.24) is 0 Å². The fourth-order valence-electron chi connectivity index (χ4n) is 2.88. The van der Waals surface area contributed by atoms with Crippen LogP contribution in [0.25, 0.3) is 11.1 Å². The van der Waals surface area contributed by atoms with E-state index in [0.29, 0.717) is 30.1 Å². The SMILES string of the molecule is COCc1ccc(COc2ccc(-c3ccc(C)cc3S(=O)(=O)O)cc2)cc1.O=S(=O)=O.O=S(=O)=O. The molecule has 1 N–H and O–H groups in total. The molecule has 0 spiro atoms. The molecule has 14 heteroatoms. The summed E-state index contributed by atoms with van der Waals surface area (Å²) in [4.78, 5) is -0.0997. The lowest BCUT2D eigenvalue weighted by molar-refractivity contribution is 0.185. The first kappa shape index (κ1) is 30.6. The van der Waals surface area contributed by atoms with Crippen molar-refractivity contribution in [2.24, 2.45) is 0 Å². The number of methoxy groups -OCH3 is 1. The van der Waals surface area contributed by atoms with Crippen LogP contribution in [0.5, 0.6) is 5.75 Å². The van der Waals surface area contributed by atoms with Gasteiger partial charge in [0.15, 0.2) is 0 Å². The molecule has 0 unspecified atom stereocenters. The van der Waals surface area contributed by atoms with Gasteiger partial charge in [-0.15, -0.1) is 25.3 Å². The maximum absolute atomic E-state index is 11.7. The summed E-state index contributed by atoms with van der Waals surface area (Å²) in [5.74, 6) is 0.672. The standard InChI is InChI=1S/C22H22O5S.2O3S/c1-16-3-12-21(22(13-16)28(23,24)25)19-8-10-20(11-9-19)27-15-18-6-4-17(5-7-18)14-26-2;2*1-4(2)3/h3-13H,14-15H2,1-2H3,(H,23,24,25);;. The van der Waals surface area contributed by atoms with Gasteiger partial charge in [0.2, 0.25) is 0 Å². The van der Waals surface area contributed by atoms with E-state index in [-0.39, 0.29) is 4.90 Å². The predicted octanol–water partition coefficient (Wildman–Crippen LogP) is 2.63. The molecule has 0 aliphatic heterocycles. The van der Waals surface area contributed by atoms with E-state index in [1.165, 1.54) is 6.07 Å². The highest BCUT2D eigenvalue weighted by molar-refractivity contribution is 7.86. The van der Waals surface area contributed by atoms with Crippen LogP contribution in [-0.4, -0.2) is 45.3 Å². The Morgan fingerprint density at radius 2 is 1.22 bits per heavy atom. The highest BCUT2D eigenvalue weighted by Gasteiger charge is 2.16. The van der Waals surface area contributed by atoms with Crippen LogP contribution >= 0.6 is 0 Å². The summed E-state index contributed by atoms with van der Waals surface area (Å²) in [6.45, 7) is 2.78. The third-order valence-electron chi connectivity index (χ3n) is 4.32. The van der Waals surface area contributed by atoms with E-state index >= 15 is 0 Å². The van der Waals surface area contributed by atoms with Gasteiger partial charge in [0.05, 0.1) is 6.61 Å². The lowest BCUT2D eigenvalue weighted by Gasteiger charge is -2.11. The van der Waals surface area contributed by atoms with Crippen LogP contribution in [0, 0.1) is 6.92 Å². The number of aryl methyl sites for hydroxylation is 1. The zero-order chi connectivity index (χ0) is 27.3. The summed E-state index contributed by atoms with van der Waals surface area (Å²) >= 11 is 0. The van der Waals surface area contributed by atoms with Crippen molar-refractivity contribution in [3.05, 3.63) is 83.4 Å². The average Bonchev–Trinajstić information content (AvgIpc) is 2.78. The molecular weight excluding hydrogens is 536 g/mol. The molecule has 36 heavy (non-hydrogen) atoms. The van der Waals surface area contributed by atoms with Gasteiger partial charge >= 0.3 is 21.2 Å². The largest absolute Gasteiger partial charge is 0.489 e. The van der Waals surface area contributed by atoms with E-state index in [1.54, 1.807) is 44.4 Å². The van der Waals surface area contributed by atoms with Crippen molar-refractivity contribution < 1.29 is 47.7 Å². The fraction of sp³-hybridized carbons (Fsp3) is 0.182. The second-order valence-corrected chi connectivity index (χ2v) is 9.15. The van der Waals surface area contributed by atoms with Gasteiger partial charge in [-0.2, -0.15) is 8.42 Å². The Balaban J connectivity index is 0.000000709. The van der Waals surface area contributed by atoms with Crippen LogP contribution in [0.3, 0.4) is 0 Å². The molecule has 0 radical (unpaired) electrons. The first-order chi connectivity index (χ1) is 16.8. The third-order valence-corrected chi connectivity index (χ3v) is 5.21. The van der Waals surface area contributed by atoms with Crippen LogP contribution in [0.1, 0.15) is 16.7 Å². The molecular formula is C22H22O11S3. The molecule has 0 bridgehead atoms. The first-order valence-corrected chi connectivity index (χ1v) is 13.2. The van der Waals surface area contributed by atoms with Crippen LogP contribution in [0.15, 0.2) is 71.6 Å². The van der Waals surface area contributed by atoms with Gasteiger partial charge in [-0.05, 0) is 47.4 Å². The van der Waals surface area contributed by atoms with Crippen molar-refractivity contribution in [3.8, 4) is 16.9 Å². The second-order valence-electron chi connectivity index (χ2n) is 6.95. The maximum atomic E-state index is 11.7. The van der Waals surface area contributed by atoms with Crippen molar-refractivity contribution >= 4 is 31.3 Å². The number of benzene rings is 3. The smallest absolute Gasteiger partial charge is 0.425 e. The zero-order valence-electron chi connectivity index (χ0n) is 19.0. The maximum Gasteiger partial charge on any atom is 0.425 e. The van der Waals surface area contributed by atoms with E-state index in [0.717, 1.165) is 16.7 Å². The first-order valence-electron chi connectivity index (χ1n) is 9.75. The second kappa shape index (κ2) is 14.9. The van der Waals surface area contributed by atoms with E-state index in [9.17, 15) is 13.0 Å². The molecule has 194 valence electrons. The number of ether oxygens (including phenoxy) is 2. The monoisotopic (exact) mass is 558 g/mol. The molecule has 0 saturated heterocycles. The van der Waals surface area contributed by atoms with Crippen LogP contribution < -0.4 is 4.74 Å². The van der Waals surface area contributed by atoms with Gasteiger partial charge in [-0.1, -0.05) is 48.5 Å². The van der Waals surface area contributed by atoms with Crippen LogP contribution in [0.2, 0.25) is 0 Å². The molecule has 0 saturated carbocycles. The number of hydrogen-bond donors (Lipinski definition) is 1. The minimum atomic E-state index is -4.31. The average molecular weight is 559 g/mol. The molecule has 3 aromatic carbocycles. The van der Waals surface area contributed by atoms with E-state index in [1.807, 2.05) is 30.3 Å². The van der Waals surface area contributed by atoms with Crippen molar-refractivity contribution in [2.75, 3.05) is 7.11 Å². The summed E-state index contributed by atoms with van der Waals surface area (Å²) in [6, 6.07) is 20.1. The van der Waals surface area contributed by atoms with Gasteiger partial charge in [-0.3, -0.25) is 4.55 Å². The molecule has 0 aliphatic rings. The van der Waals surface area contributed by atoms with E-state index in [4.69, 9.17) is 34.7 Å². The summed E-state index contributed by atoms with van der Waals surface area (Å²) in [5, 5.41) is 0. The molecule has 0 amide bonds. The topological polar surface area (TPSA) is 175 Å². The molecule has 3 aromatic rings. The fourth-order valence-corrected chi connectivity index (χ4v) is 3.68. The van der Waals surface area contributed by atoms with Crippen molar-refractivity contribution in [3.63, 3.8) is 0 Å². The summed E-state index contributed by atoms with van der Waals surface area (Å²) in [7, 11) is -8.87. The minimum Gasteiger partial charge on any atom is -0.489 e. The Morgan fingerprint density at radius 3 is 1.67 bits per heavy atom. The minimum absolute atomic E-state index is 0.0997. The quantitative estimate of drug-likeness (QED) is 0.422. The van der Waals surface area contributed by atoms with Crippen molar-refractivity contribution in [2.45, 2.75) is 25.0 Å². The highest BCUT2D eigenvalue weighted by Crippen LogP contribution is 2.29. The molecule has 0 aromatic heterocycles. The highest BCUT2D eigenvalue weighted by atomic mass is 32.2. The Kier molecular flexibility index (Phi) is 12.6. The Labute approximate surface area is 211 Å². The summed E-state index contributed by atoms with van der Waals surface area (Å²) in [6.07, 6.45) is 0. The van der Waals surface area contributed by atoms with Gasteiger partial charge < -0.3 is 9.47 Å². The molecule has 3 rings (SSSR count). The van der Waals surface area contributed by atoms with Gasteiger partial charge in [0.1, 0.15) is 17.3 Å². The summed E-state index contributed by atoms with van der Waals surface area (Å²) in [5.41, 5.74) is 4.03. The normalized spacial score (nSPS) is 10.2. The number of hydrogen-bond acceptors (Lipinski definition) is 10. The Morgan fingerprint density at radius 1 is 0.750 bits per heavy atom. The molecule has 0 heterocycles. The van der Waals surface area contributed by atoms with Crippen molar-refractivity contribution in [1.29, 1.82) is 0 Å². The third kappa shape index (κ3) is 11.8. The van der Waals surface area contributed by atoms with E-state index < -0.39 is 31.3 Å². The van der Waals surface area contributed by atoms with Gasteiger partial charge in [0.25, 0.3) is 10.1 Å². The lowest BCUT2D eigenvalue weighted by Crippen LogP contribution is -2.01. The van der Waals surface area contributed by atoms with Gasteiger partial charge in [0, 0.05) is 12.7 Å². The number of rotatable bonds is 7. The lowest BCUT2D eigenvalue weighted by atomic mass is 10.0. The molecule has 11 nitrogen and oxygen atoms in total. The molecule has 0 aliphatic carbocycles. The Bertz CT molecular complexity index is 1420. The Hall–Kier alpha value is -3.43. The summed E-state index contributed by atoms with van der Waals surface area (Å²) < 4.78 is 94.5. The van der Waals surface area contributed by atoms with Crippen LogP contribution in [-0.2, 0) is 49.3 Å². The predicted molar refractivity (Wildman–Crippen MR) is 127 cm³/mol.